The lowest BCUT2D eigenvalue weighted by Crippen LogP contribution is -2.12. The number of amides is 1. The van der Waals surface area contributed by atoms with Crippen LogP contribution in [0.25, 0.3) is 11.1 Å². The number of hydrogen-bond donors (Lipinski definition) is 1. The third-order valence-corrected chi connectivity index (χ3v) is 3.32. The number of fused-ring (bicyclic) bond motifs is 1. The van der Waals surface area contributed by atoms with E-state index < -0.39 is 0 Å². The van der Waals surface area contributed by atoms with Gasteiger partial charge < -0.3 is 8.83 Å². The molecule has 2 heterocycles. The van der Waals surface area contributed by atoms with Gasteiger partial charge in [-0.2, -0.15) is 5.26 Å². The van der Waals surface area contributed by atoms with Crippen LogP contribution < -0.4 is 5.32 Å². The highest BCUT2D eigenvalue weighted by molar-refractivity contribution is 6.05. The molecule has 3 rings (SSSR count). The molecule has 0 saturated carbocycles. The summed E-state index contributed by atoms with van der Waals surface area (Å²) in [4.78, 5) is 16.2. The molecule has 0 unspecified atom stereocenters. The molecule has 0 fully saturated rings. The van der Waals surface area contributed by atoms with Gasteiger partial charge in [0.1, 0.15) is 22.9 Å². The molecule has 0 atom stereocenters. The van der Waals surface area contributed by atoms with E-state index in [0.29, 0.717) is 28.0 Å². The van der Waals surface area contributed by atoms with Crippen molar-refractivity contribution in [1.29, 1.82) is 5.26 Å². The second kappa shape index (κ2) is 4.80. The van der Waals surface area contributed by atoms with Crippen LogP contribution in [0.1, 0.15) is 27.2 Å². The SMILES string of the molecule is Cc1oc(NC(=O)c2ccc3ocnc3c2)c(C#N)c1C. The minimum absolute atomic E-state index is 0.165. The average molecular weight is 281 g/mol. The van der Waals surface area contributed by atoms with Crippen LogP contribution in [0.5, 0.6) is 0 Å². The first kappa shape index (κ1) is 12.9. The van der Waals surface area contributed by atoms with Gasteiger partial charge in [0.05, 0.1) is 0 Å². The van der Waals surface area contributed by atoms with E-state index in [-0.39, 0.29) is 11.8 Å². The van der Waals surface area contributed by atoms with Crippen LogP contribution in [0.2, 0.25) is 0 Å². The fourth-order valence-electron chi connectivity index (χ4n) is 2.02. The Morgan fingerprint density at radius 1 is 1.38 bits per heavy atom. The molecule has 3 aromatic rings. The van der Waals surface area contributed by atoms with Crippen molar-refractivity contribution in [2.75, 3.05) is 5.32 Å². The lowest BCUT2D eigenvalue weighted by atomic mass is 10.1. The molecular weight excluding hydrogens is 270 g/mol. The van der Waals surface area contributed by atoms with Crippen molar-refractivity contribution in [3.8, 4) is 6.07 Å². The van der Waals surface area contributed by atoms with Gasteiger partial charge in [-0.05, 0) is 32.0 Å². The van der Waals surface area contributed by atoms with E-state index in [1.807, 2.05) is 6.07 Å². The Hall–Kier alpha value is -3.07. The molecule has 0 aliphatic rings. The number of carbonyl (C=O) groups excluding carboxylic acids is 1. The normalized spacial score (nSPS) is 10.5. The summed E-state index contributed by atoms with van der Waals surface area (Å²) >= 11 is 0. The first-order valence-electron chi connectivity index (χ1n) is 6.25. The van der Waals surface area contributed by atoms with E-state index in [0.717, 1.165) is 5.56 Å². The molecule has 1 amide bonds. The van der Waals surface area contributed by atoms with E-state index in [1.165, 1.54) is 6.39 Å². The van der Waals surface area contributed by atoms with Crippen molar-refractivity contribution >= 4 is 22.9 Å². The summed E-state index contributed by atoms with van der Waals surface area (Å²) in [5.41, 5.74) is 2.67. The van der Waals surface area contributed by atoms with Gasteiger partial charge in [0.15, 0.2) is 12.0 Å². The van der Waals surface area contributed by atoms with Gasteiger partial charge in [-0.1, -0.05) is 0 Å². The van der Waals surface area contributed by atoms with E-state index in [2.05, 4.69) is 10.3 Å². The maximum atomic E-state index is 12.2. The lowest BCUT2D eigenvalue weighted by molar-refractivity contribution is 0.102. The second-order valence-electron chi connectivity index (χ2n) is 4.59. The van der Waals surface area contributed by atoms with Gasteiger partial charge in [0.25, 0.3) is 5.91 Å². The maximum absolute atomic E-state index is 12.2. The monoisotopic (exact) mass is 281 g/mol. The third kappa shape index (κ3) is 2.15. The van der Waals surface area contributed by atoms with Crippen LogP contribution in [0.15, 0.2) is 33.4 Å². The van der Waals surface area contributed by atoms with Crippen molar-refractivity contribution in [3.63, 3.8) is 0 Å². The molecule has 1 N–H and O–H groups in total. The number of benzene rings is 1. The van der Waals surface area contributed by atoms with Gasteiger partial charge in [-0.25, -0.2) is 4.98 Å². The lowest BCUT2D eigenvalue weighted by Gasteiger charge is -2.02. The zero-order valence-corrected chi connectivity index (χ0v) is 11.4. The predicted molar refractivity (Wildman–Crippen MR) is 74.9 cm³/mol. The van der Waals surface area contributed by atoms with Crippen molar-refractivity contribution in [3.05, 3.63) is 47.0 Å². The minimum Gasteiger partial charge on any atom is -0.444 e. The highest BCUT2D eigenvalue weighted by Gasteiger charge is 2.17. The summed E-state index contributed by atoms with van der Waals surface area (Å²) in [5.74, 6) is 0.400. The molecule has 6 nitrogen and oxygen atoms in total. The van der Waals surface area contributed by atoms with Crippen LogP contribution in [0, 0.1) is 25.2 Å². The summed E-state index contributed by atoms with van der Waals surface area (Å²) in [6.45, 7) is 3.52. The van der Waals surface area contributed by atoms with Gasteiger partial charge >= 0.3 is 0 Å². The summed E-state index contributed by atoms with van der Waals surface area (Å²) in [5, 5.41) is 11.7. The topological polar surface area (TPSA) is 92.1 Å². The number of rotatable bonds is 2. The molecule has 0 bridgehead atoms. The molecule has 6 heteroatoms. The maximum Gasteiger partial charge on any atom is 0.258 e. The van der Waals surface area contributed by atoms with Crippen molar-refractivity contribution in [1.82, 2.24) is 4.98 Å². The van der Waals surface area contributed by atoms with Crippen molar-refractivity contribution in [2.24, 2.45) is 0 Å². The number of nitrogens with one attached hydrogen (secondary N) is 1. The molecule has 0 spiro atoms. The predicted octanol–water partition coefficient (Wildman–Crippen LogP) is 3.16. The van der Waals surface area contributed by atoms with E-state index in [4.69, 9.17) is 14.1 Å². The molecule has 0 radical (unpaired) electrons. The largest absolute Gasteiger partial charge is 0.444 e. The number of hydrogen-bond acceptors (Lipinski definition) is 5. The quantitative estimate of drug-likeness (QED) is 0.778. The Balaban J connectivity index is 1.93. The molecule has 104 valence electrons. The number of aromatic nitrogens is 1. The molecule has 0 saturated heterocycles. The fraction of sp³-hybridized carbons (Fsp3) is 0.133. The Morgan fingerprint density at radius 2 is 2.19 bits per heavy atom. The van der Waals surface area contributed by atoms with Crippen molar-refractivity contribution < 1.29 is 13.6 Å². The van der Waals surface area contributed by atoms with E-state index in [1.54, 1.807) is 32.0 Å². The standard InChI is InChI=1S/C15H11N3O3/c1-8-9(2)21-15(11(8)6-16)18-14(19)10-3-4-13-12(5-10)17-7-20-13/h3-5,7H,1-2H3,(H,18,19). The van der Waals surface area contributed by atoms with Crippen LogP contribution >= 0.6 is 0 Å². The smallest absolute Gasteiger partial charge is 0.258 e. The Labute approximate surface area is 120 Å². The first-order valence-corrected chi connectivity index (χ1v) is 6.25. The Kier molecular flexibility index (Phi) is 2.95. The zero-order chi connectivity index (χ0) is 15.0. The average Bonchev–Trinajstić information content (AvgIpc) is 3.03. The van der Waals surface area contributed by atoms with Gasteiger partial charge in [0, 0.05) is 11.1 Å². The third-order valence-electron chi connectivity index (χ3n) is 3.32. The van der Waals surface area contributed by atoms with Crippen LogP contribution in [0.4, 0.5) is 5.88 Å². The molecule has 1 aromatic carbocycles. The number of furan rings is 1. The van der Waals surface area contributed by atoms with Crippen LogP contribution in [0.3, 0.4) is 0 Å². The first-order chi connectivity index (χ1) is 10.1. The molecule has 0 aliphatic carbocycles. The number of anilines is 1. The number of nitriles is 1. The Bertz CT molecular complexity index is 883. The minimum atomic E-state index is -0.370. The molecule has 2 aromatic heterocycles. The van der Waals surface area contributed by atoms with Gasteiger partial charge in [-0.3, -0.25) is 10.1 Å². The van der Waals surface area contributed by atoms with Gasteiger partial charge in [-0.15, -0.1) is 0 Å². The number of aryl methyl sites for hydroxylation is 1. The highest BCUT2D eigenvalue weighted by Crippen LogP contribution is 2.26. The number of carbonyl (C=O) groups is 1. The molecular formula is C15H11N3O3. The van der Waals surface area contributed by atoms with Crippen molar-refractivity contribution in [2.45, 2.75) is 13.8 Å². The summed E-state index contributed by atoms with van der Waals surface area (Å²) < 4.78 is 10.5. The summed E-state index contributed by atoms with van der Waals surface area (Å²) in [6.07, 6.45) is 1.32. The number of oxazole rings is 1. The highest BCUT2D eigenvalue weighted by atomic mass is 16.4. The molecule has 21 heavy (non-hydrogen) atoms. The summed E-state index contributed by atoms with van der Waals surface area (Å²) in [7, 11) is 0. The number of nitrogens with zero attached hydrogens (tertiary/aromatic N) is 2. The zero-order valence-electron chi connectivity index (χ0n) is 11.4. The molecule has 0 aliphatic heterocycles. The van der Waals surface area contributed by atoms with Gasteiger partial charge in [0.2, 0.25) is 5.88 Å². The summed E-state index contributed by atoms with van der Waals surface area (Å²) in [6, 6.07) is 6.94. The van der Waals surface area contributed by atoms with Crippen LogP contribution in [-0.2, 0) is 0 Å². The van der Waals surface area contributed by atoms with E-state index >= 15 is 0 Å². The van der Waals surface area contributed by atoms with E-state index in [9.17, 15) is 4.79 Å². The van der Waals surface area contributed by atoms with Crippen LogP contribution in [-0.4, -0.2) is 10.9 Å². The Morgan fingerprint density at radius 3 is 2.95 bits per heavy atom. The second-order valence-corrected chi connectivity index (χ2v) is 4.59. The fourth-order valence-corrected chi connectivity index (χ4v) is 2.02.